The molecule has 4 aliphatic heterocycles. The van der Waals surface area contributed by atoms with Gasteiger partial charge in [0.25, 0.3) is 0 Å². The SMILES string of the molecule is O=S1(=O)CCC(F)(c2c(F)cc(C3=NO[C@@H](Cn4ccnn4)C3)cc2F)CC1.O=S1(=O)CCN(c2c(F)cc(C3=NO[C@@H](Cn4ccnn4)C3)cc2F)CC1. The number of hydrogen-bond donors (Lipinski definition) is 0. The molecule has 2 saturated heterocycles. The van der Waals surface area contributed by atoms with Crippen molar-refractivity contribution in [1.29, 1.82) is 0 Å². The van der Waals surface area contributed by atoms with E-state index in [1.165, 1.54) is 23.2 Å². The van der Waals surface area contributed by atoms with Crippen molar-refractivity contribution in [2.75, 3.05) is 41.0 Å². The first-order chi connectivity index (χ1) is 26.2. The largest absolute Gasteiger partial charge is 0.390 e. The Morgan fingerprint density at radius 1 is 0.673 bits per heavy atom. The summed E-state index contributed by atoms with van der Waals surface area (Å²) in [6.07, 6.45) is 5.51. The second-order valence-corrected chi connectivity index (χ2v) is 18.2. The number of hydrogen-bond acceptors (Lipinski definition) is 13. The first kappa shape index (κ1) is 38.3. The first-order valence-electron chi connectivity index (χ1n) is 17.1. The van der Waals surface area contributed by atoms with Gasteiger partial charge in [0.15, 0.2) is 31.9 Å². The molecular weight excluding hydrogens is 778 g/mol. The zero-order chi connectivity index (χ0) is 39.0. The number of halogens is 5. The summed E-state index contributed by atoms with van der Waals surface area (Å²) in [6, 6.07) is 4.45. The number of alkyl halides is 1. The third-order valence-corrected chi connectivity index (χ3v) is 12.9. The second-order valence-electron chi connectivity index (χ2n) is 13.5. The molecule has 2 aromatic heterocycles. The Balaban J connectivity index is 0.000000169. The maximum absolute atomic E-state index is 15.1. The minimum Gasteiger partial charge on any atom is -0.390 e. The van der Waals surface area contributed by atoms with Gasteiger partial charge in [-0.3, -0.25) is 0 Å². The summed E-state index contributed by atoms with van der Waals surface area (Å²) in [5.74, 6) is -4.70. The summed E-state index contributed by atoms with van der Waals surface area (Å²) in [6.45, 7) is 0.940. The molecule has 4 aromatic rings. The summed E-state index contributed by atoms with van der Waals surface area (Å²) >= 11 is 0. The number of rotatable bonds is 8. The monoisotopic (exact) mass is 811 g/mol. The minimum atomic E-state index is -3.37. The van der Waals surface area contributed by atoms with Crippen LogP contribution in [0.1, 0.15) is 42.4 Å². The average molecular weight is 812 g/mol. The van der Waals surface area contributed by atoms with Crippen LogP contribution >= 0.6 is 0 Å². The van der Waals surface area contributed by atoms with Crippen LogP contribution in [-0.4, -0.2) is 107 Å². The van der Waals surface area contributed by atoms with E-state index in [1.54, 1.807) is 28.0 Å². The molecule has 0 amide bonds. The van der Waals surface area contributed by atoms with Crippen LogP contribution in [0.2, 0.25) is 0 Å². The molecule has 2 fully saturated rings. The summed E-state index contributed by atoms with van der Waals surface area (Å²) in [5.41, 5.74) is -2.01. The number of nitrogens with zero attached hydrogens (tertiary/aromatic N) is 9. The van der Waals surface area contributed by atoms with E-state index in [9.17, 15) is 34.4 Å². The van der Waals surface area contributed by atoms with E-state index < -0.39 is 78.5 Å². The number of oxime groups is 2. The van der Waals surface area contributed by atoms with Crippen LogP contribution in [0.3, 0.4) is 0 Å². The molecule has 0 aliphatic carbocycles. The molecule has 55 heavy (non-hydrogen) atoms. The van der Waals surface area contributed by atoms with Crippen LogP contribution in [0.25, 0.3) is 0 Å². The lowest BCUT2D eigenvalue weighted by molar-refractivity contribution is 0.0692. The lowest BCUT2D eigenvalue weighted by Gasteiger charge is -2.30. The Hall–Kier alpha value is -4.99. The van der Waals surface area contributed by atoms with E-state index in [0.717, 1.165) is 12.1 Å². The van der Waals surface area contributed by atoms with E-state index in [-0.39, 0.29) is 48.1 Å². The zero-order valence-corrected chi connectivity index (χ0v) is 30.6. The number of sulfone groups is 2. The van der Waals surface area contributed by atoms with Crippen LogP contribution < -0.4 is 4.90 Å². The standard InChI is InChI=1S/C17H17F3N4O3S.C16H17F2N5O3S/c18-13-7-11(15-9-12(27-22-15)10-24-4-3-21-23-24)8-14(19)16(13)17(20)1-5-28(25,26)6-2-17;17-13-7-11(15-9-12(26-20-15)10-23-2-1-19-21-23)8-14(18)16(13)22-3-5-27(24,25)6-4-22/h3-4,7-8,12H,1-2,5-6,9-10H2;1-2,7-8,12H,3-6,9-10H2/t2*12-/m11/s1. The van der Waals surface area contributed by atoms with E-state index in [4.69, 9.17) is 9.68 Å². The Bertz CT molecular complexity index is 2250. The van der Waals surface area contributed by atoms with Gasteiger partial charge in [-0.15, -0.1) is 10.2 Å². The Labute approximate surface area is 311 Å². The molecule has 0 saturated carbocycles. The van der Waals surface area contributed by atoms with Crippen molar-refractivity contribution in [2.24, 2.45) is 10.3 Å². The van der Waals surface area contributed by atoms with Gasteiger partial charge in [0.05, 0.1) is 65.5 Å². The van der Waals surface area contributed by atoms with Gasteiger partial charge in [0.1, 0.15) is 34.6 Å². The molecular formula is C33H34F5N9O6S2. The van der Waals surface area contributed by atoms with Gasteiger partial charge in [-0.05, 0) is 37.1 Å². The fourth-order valence-corrected chi connectivity index (χ4v) is 9.40. The fourth-order valence-electron chi connectivity index (χ4n) is 6.72. The predicted octanol–water partition coefficient (Wildman–Crippen LogP) is 3.11. The predicted molar refractivity (Wildman–Crippen MR) is 186 cm³/mol. The molecule has 4 aliphatic rings. The van der Waals surface area contributed by atoms with Crippen LogP contribution in [0.5, 0.6) is 0 Å². The third kappa shape index (κ3) is 8.79. The lowest BCUT2D eigenvalue weighted by Crippen LogP contribution is -2.41. The molecule has 0 unspecified atom stereocenters. The first-order valence-corrected chi connectivity index (χ1v) is 20.8. The van der Waals surface area contributed by atoms with Crippen molar-refractivity contribution < 1.29 is 48.5 Å². The highest BCUT2D eigenvalue weighted by atomic mass is 32.2. The van der Waals surface area contributed by atoms with Crippen molar-refractivity contribution in [2.45, 2.75) is 56.6 Å². The Kier molecular flexibility index (Phi) is 10.6. The summed E-state index contributed by atoms with van der Waals surface area (Å²) < 4.78 is 123. The molecule has 8 rings (SSSR count). The van der Waals surface area contributed by atoms with Gasteiger partial charge in [-0.25, -0.2) is 48.2 Å². The van der Waals surface area contributed by atoms with Crippen LogP contribution in [0, 0.1) is 23.3 Å². The van der Waals surface area contributed by atoms with Crippen molar-refractivity contribution in [1.82, 2.24) is 30.0 Å². The molecule has 0 spiro atoms. The zero-order valence-electron chi connectivity index (χ0n) is 28.9. The summed E-state index contributed by atoms with van der Waals surface area (Å²) in [5, 5.41) is 22.9. The van der Waals surface area contributed by atoms with Gasteiger partial charge >= 0.3 is 0 Å². The van der Waals surface area contributed by atoms with E-state index >= 15 is 4.39 Å². The highest BCUT2D eigenvalue weighted by Crippen LogP contribution is 2.41. The maximum Gasteiger partial charge on any atom is 0.153 e. The average Bonchev–Trinajstić information content (AvgIpc) is 3.97. The smallest absolute Gasteiger partial charge is 0.153 e. The normalized spacial score (nSPS) is 22.5. The molecule has 6 heterocycles. The summed E-state index contributed by atoms with van der Waals surface area (Å²) in [4.78, 5) is 12.0. The van der Waals surface area contributed by atoms with Crippen LogP contribution in [0.4, 0.5) is 27.6 Å². The molecule has 15 nitrogen and oxygen atoms in total. The van der Waals surface area contributed by atoms with E-state index in [1.807, 2.05) is 0 Å². The van der Waals surface area contributed by atoms with Gasteiger partial charge in [0, 0.05) is 49.5 Å². The van der Waals surface area contributed by atoms with Gasteiger partial charge < -0.3 is 14.6 Å². The topological polar surface area (TPSA) is 176 Å². The molecule has 294 valence electrons. The van der Waals surface area contributed by atoms with Crippen molar-refractivity contribution in [3.05, 3.63) is 89.0 Å². The molecule has 2 atom stereocenters. The van der Waals surface area contributed by atoms with Crippen LogP contribution in [-0.2, 0) is 48.1 Å². The summed E-state index contributed by atoms with van der Waals surface area (Å²) in [7, 11) is -6.50. The quantitative estimate of drug-likeness (QED) is 0.239. The Morgan fingerprint density at radius 3 is 1.55 bits per heavy atom. The third-order valence-electron chi connectivity index (χ3n) is 9.64. The van der Waals surface area contributed by atoms with Crippen LogP contribution in [0.15, 0.2) is 59.4 Å². The molecule has 0 bridgehead atoms. The fraction of sp³-hybridized carbons (Fsp3) is 0.455. The van der Waals surface area contributed by atoms with E-state index in [0.29, 0.717) is 42.9 Å². The number of benzene rings is 2. The van der Waals surface area contributed by atoms with Crippen molar-refractivity contribution >= 4 is 36.8 Å². The molecule has 22 heteroatoms. The number of aromatic nitrogens is 6. The highest BCUT2D eigenvalue weighted by Gasteiger charge is 2.43. The highest BCUT2D eigenvalue weighted by molar-refractivity contribution is 7.91. The van der Waals surface area contributed by atoms with Crippen molar-refractivity contribution in [3.63, 3.8) is 0 Å². The van der Waals surface area contributed by atoms with Crippen molar-refractivity contribution in [3.8, 4) is 0 Å². The molecule has 0 N–H and O–H groups in total. The van der Waals surface area contributed by atoms with E-state index in [2.05, 4.69) is 30.9 Å². The minimum absolute atomic E-state index is 0.0690. The van der Waals surface area contributed by atoms with Gasteiger partial charge in [-0.1, -0.05) is 20.7 Å². The molecule has 0 radical (unpaired) electrons. The van der Waals surface area contributed by atoms with Gasteiger partial charge in [-0.2, -0.15) is 0 Å². The maximum atomic E-state index is 15.1. The second kappa shape index (κ2) is 15.3. The molecule has 2 aromatic carbocycles. The number of anilines is 1. The lowest BCUT2D eigenvalue weighted by atomic mass is 9.87. The van der Waals surface area contributed by atoms with Gasteiger partial charge in [0.2, 0.25) is 0 Å². The Morgan fingerprint density at radius 2 is 1.11 bits per heavy atom.